The smallest absolute Gasteiger partial charge is 0.0244 e. The Morgan fingerprint density at radius 2 is 2.08 bits per heavy atom. The highest BCUT2D eigenvalue weighted by atomic mass is 15.2. The molecule has 0 aromatic rings. The lowest BCUT2D eigenvalue weighted by Crippen LogP contribution is -2.58. The maximum Gasteiger partial charge on any atom is 0.0244 e. The maximum atomic E-state index is 3.69. The van der Waals surface area contributed by atoms with Crippen LogP contribution in [-0.2, 0) is 0 Å². The fourth-order valence-corrected chi connectivity index (χ4v) is 2.52. The first-order valence-electron chi connectivity index (χ1n) is 5.55. The Bertz CT molecular complexity index is 183. The third-order valence-electron chi connectivity index (χ3n) is 3.56. The Balaban J connectivity index is 1.97. The van der Waals surface area contributed by atoms with Gasteiger partial charge in [-0.1, -0.05) is 20.8 Å². The van der Waals surface area contributed by atoms with E-state index in [4.69, 9.17) is 0 Å². The number of hydrogen-bond acceptors (Lipinski definition) is 2. The lowest BCUT2D eigenvalue weighted by molar-refractivity contribution is 0.115. The summed E-state index contributed by atoms with van der Waals surface area (Å²) >= 11 is 0. The summed E-state index contributed by atoms with van der Waals surface area (Å²) in [5.41, 5.74) is 0.410. The molecule has 2 atom stereocenters. The summed E-state index contributed by atoms with van der Waals surface area (Å²) in [6.07, 6.45) is 2.81. The predicted molar refractivity (Wildman–Crippen MR) is 55.8 cm³/mol. The van der Waals surface area contributed by atoms with Gasteiger partial charge in [-0.05, 0) is 24.8 Å². The molecule has 0 bridgehead atoms. The van der Waals surface area contributed by atoms with Crippen molar-refractivity contribution in [1.29, 1.82) is 0 Å². The number of nitrogens with one attached hydrogen (secondary N) is 1. The lowest BCUT2D eigenvalue weighted by atomic mass is 9.85. The van der Waals surface area contributed by atoms with Crippen LogP contribution in [0.2, 0.25) is 0 Å². The van der Waals surface area contributed by atoms with Crippen LogP contribution in [0.5, 0.6) is 0 Å². The predicted octanol–water partition coefficient (Wildman–Crippen LogP) is 1.47. The quantitative estimate of drug-likeness (QED) is 0.610. The molecule has 76 valence electrons. The van der Waals surface area contributed by atoms with Crippen LogP contribution >= 0.6 is 0 Å². The molecule has 0 spiro atoms. The van der Waals surface area contributed by atoms with Gasteiger partial charge in [0.15, 0.2) is 0 Å². The Kier molecular flexibility index (Phi) is 2.37. The normalized spacial score (nSPS) is 36.2. The molecule has 0 amide bonds. The SMILES string of the molecule is CC(C)(C)[C@H]1CN2CCCC2CN1. The minimum absolute atomic E-state index is 0.410. The molecule has 2 fully saturated rings. The summed E-state index contributed by atoms with van der Waals surface area (Å²) in [4.78, 5) is 2.67. The van der Waals surface area contributed by atoms with Crippen molar-refractivity contribution >= 4 is 0 Å². The van der Waals surface area contributed by atoms with Gasteiger partial charge in [0, 0.05) is 25.2 Å². The summed E-state index contributed by atoms with van der Waals surface area (Å²) in [5, 5.41) is 3.69. The second-order valence-electron chi connectivity index (χ2n) is 5.62. The summed E-state index contributed by atoms with van der Waals surface area (Å²) in [6, 6.07) is 1.53. The first-order chi connectivity index (χ1) is 6.07. The minimum Gasteiger partial charge on any atom is -0.311 e. The summed E-state index contributed by atoms with van der Waals surface area (Å²) in [6.45, 7) is 10.8. The van der Waals surface area contributed by atoms with Crippen molar-refractivity contribution < 1.29 is 0 Å². The second-order valence-corrected chi connectivity index (χ2v) is 5.62. The lowest BCUT2D eigenvalue weighted by Gasteiger charge is -2.42. The van der Waals surface area contributed by atoms with Crippen molar-refractivity contribution in [2.75, 3.05) is 19.6 Å². The topological polar surface area (TPSA) is 15.3 Å². The van der Waals surface area contributed by atoms with Crippen LogP contribution in [0.1, 0.15) is 33.6 Å². The molecule has 2 heterocycles. The number of fused-ring (bicyclic) bond motifs is 1. The zero-order valence-corrected chi connectivity index (χ0v) is 9.14. The van der Waals surface area contributed by atoms with Crippen molar-refractivity contribution in [3.8, 4) is 0 Å². The van der Waals surface area contributed by atoms with Gasteiger partial charge in [0.1, 0.15) is 0 Å². The van der Waals surface area contributed by atoms with Crippen LogP contribution < -0.4 is 5.32 Å². The molecule has 0 aromatic heterocycles. The van der Waals surface area contributed by atoms with Gasteiger partial charge in [0.05, 0.1) is 0 Å². The van der Waals surface area contributed by atoms with E-state index in [0.717, 1.165) is 6.04 Å². The Morgan fingerprint density at radius 3 is 2.77 bits per heavy atom. The molecule has 2 aliphatic heterocycles. The van der Waals surface area contributed by atoms with E-state index in [1.54, 1.807) is 0 Å². The molecule has 2 rings (SSSR count). The van der Waals surface area contributed by atoms with Crippen LogP contribution in [0, 0.1) is 5.41 Å². The standard InChI is InChI=1S/C11H22N2/c1-11(2,3)10-8-13-6-4-5-9(13)7-12-10/h9-10,12H,4-8H2,1-3H3/t9?,10-/m1/s1. The fourth-order valence-electron chi connectivity index (χ4n) is 2.52. The van der Waals surface area contributed by atoms with E-state index in [0.29, 0.717) is 11.5 Å². The molecule has 2 heteroatoms. The van der Waals surface area contributed by atoms with Crippen molar-refractivity contribution in [1.82, 2.24) is 10.2 Å². The number of rotatable bonds is 0. The zero-order valence-electron chi connectivity index (χ0n) is 9.14. The van der Waals surface area contributed by atoms with Gasteiger partial charge >= 0.3 is 0 Å². The largest absolute Gasteiger partial charge is 0.311 e. The Labute approximate surface area is 81.7 Å². The van der Waals surface area contributed by atoms with Crippen LogP contribution in [0.15, 0.2) is 0 Å². The van der Waals surface area contributed by atoms with E-state index in [-0.39, 0.29) is 0 Å². The van der Waals surface area contributed by atoms with E-state index < -0.39 is 0 Å². The molecule has 0 saturated carbocycles. The highest BCUT2D eigenvalue weighted by molar-refractivity contribution is 4.94. The summed E-state index contributed by atoms with van der Waals surface area (Å²) in [7, 11) is 0. The van der Waals surface area contributed by atoms with Crippen LogP contribution in [0.4, 0.5) is 0 Å². The van der Waals surface area contributed by atoms with Gasteiger partial charge in [-0.3, -0.25) is 4.90 Å². The molecule has 1 N–H and O–H groups in total. The van der Waals surface area contributed by atoms with E-state index in [1.165, 1.54) is 32.5 Å². The third-order valence-corrected chi connectivity index (χ3v) is 3.56. The molecule has 13 heavy (non-hydrogen) atoms. The number of hydrogen-bond donors (Lipinski definition) is 1. The zero-order chi connectivity index (χ0) is 9.47. The van der Waals surface area contributed by atoms with Gasteiger partial charge in [-0.25, -0.2) is 0 Å². The van der Waals surface area contributed by atoms with Crippen LogP contribution in [0.3, 0.4) is 0 Å². The van der Waals surface area contributed by atoms with Gasteiger partial charge in [0.25, 0.3) is 0 Å². The molecule has 1 unspecified atom stereocenters. The fraction of sp³-hybridized carbons (Fsp3) is 1.00. The molecule has 2 nitrogen and oxygen atoms in total. The van der Waals surface area contributed by atoms with Crippen molar-refractivity contribution in [3.63, 3.8) is 0 Å². The maximum absolute atomic E-state index is 3.69. The average Bonchev–Trinajstić information content (AvgIpc) is 2.47. The first kappa shape index (κ1) is 9.47. The summed E-state index contributed by atoms with van der Waals surface area (Å²) < 4.78 is 0. The molecule has 0 radical (unpaired) electrons. The van der Waals surface area contributed by atoms with Crippen molar-refractivity contribution in [2.45, 2.75) is 45.7 Å². The second kappa shape index (κ2) is 3.25. The molecule has 0 aromatic carbocycles. The monoisotopic (exact) mass is 182 g/mol. The molecule has 2 aliphatic rings. The van der Waals surface area contributed by atoms with Crippen molar-refractivity contribution in [2.24, 2.45) is 5.41 Å². The van der Waals surface area contributed by atoms with Crippen LogP contribution in [0.25, 0.3) is 0 Å². The molecule has 2 saturated heterocycles. The van der Waals surface area contributed by atoms with Gasteiger partial charge in [0.2, 0.25) is 0 Å². The van der Waals surface area contributed by atoms with E-state index in [9.17, 15) is 0 Å². The molecular weight excluding hydrogens is 160 g/mol. The molecule has 0 aliphatic carbocycles. The van der Waals surface area contributed by atoms with Gasteiger partial charge in [-0.15, -0.1) is 0 Å². The van der Waals surface area contributed by atoms with E-state index in [2.05, 4.69) is 31.0 Å². The van der Waals surface area contributed by atoms with Gasteiger partial charge in [-0.2, -0.15) is 0 Å². The van der Waals surface area contributed by atoms with Crippen molar-refractivity contribution in [3.05, 3.63) is 0 Å². The van der Waals surface area contributed by atoms with E-state index >= 15 is 0 Å². The van der Waals surface area contributed by atoms with E-state index in [1.807, 2.05) is 0 Å². The first-order valence-corrected chi connectivity index (χ1v) is 5.55. The third kappa shape index (κ3) is 1.89. The summed E-state index contributed by atoms with van der Waals surface area (Å²) in [5.74, 6) is 0. The number of nitrogens with zero attached hydrogens (tertiary/aromatic N) is 1. The van der Waals surface area contributed by atoms with Crippen LogP contribution in [-0.4, -0.2) is 36.6 Å². The Hall–Kier alpha value is -0.0800. The highest BCUT2D eigenvalue weighted by Crippen LogP contribution is 2.27. The Morgan fingerprint density at radius 1 is 1.31 bits per heavy atom. The number of piperazine rings is 1. The average molecular weight is 182 g/mol. The van der Waals surface area contributed by atoms with Gasteiger partial charge < -0.3 is 5.32 Å². The highest BCUT2D eigenvalue weighted by Gasteiger charge is 2.35. The molecular formula is C11H22N2. The minimum atomic E-state index is 0.410.